The Balaban J connectivity index is -0.00000312. The third-order valence-corrected chi connectivity index (χ3v) is 4.52. The molecule has 1 amide bonds. The van der Waals surface area contributed by atoms with Crippen molar-refractivity contribution < 1.29 is 55.6 Å². The van der Waals surface area contributed by atoms with Crippen molar-refractivity contribution in [1.29, 1.82) is 0 Å². The summed E-state index contributed by atoms with van der Waals surface area (Å²) in [6.45, 7) is 2.23. The molecule has 0 heterocycles. The van der Waals surface area contributed by atoms with Gasteiger partial charge in [-0.15, -0.1) is 0 Å². The second kappa shape index (κ2) is 20.2. The van der Waals surface area contributed by atoms with Crippen molar-refractivity contribution in [2.45, 2.75) is 109 Å². The van der Waals surface area contributed by atoms with Crippen molar-refractivity contribution in [3.8, 4) is 0 Å². The average Bonchev–Trinajstić information content (AvgIpc) is 2.58. The van der Waals surface area contributed by atoms with Gasteiger partial charge in [0.2, 0.25) is 5.91 Å². The number of hydrogen-bond acceptors (Lipinski definition) is 3. The van der Waals surface area contributed by atoms with Crippen LogP contribution in [0.1, 0.15) is 105 Å². The van der Waals surface area contributed by atoms with E-state index in [-0.39, 0.29) is 43.3 Å². The predicted molar refractivity (Wildman–Crippen MR) is 103 cm³/mol. The van der Waals surface area contributed by atoms with E-state index in [0.717, 1.165) is 12.8 Å². The number of amides is 1. The summed E-state index contributed by atoms with van der Waals surface area (Å²) in [6.07, 6.45) is 15.5. The van der Waals surface area contributed by atoms with Gasteiger partial charge in [-0.25, -0.2) is 4.79 Å². The minimum Gasteiger partial charge on any atom is -1.00 e. The maximum absolute atomic E-state index is 11.7. The van der Waals surface area contributed by atoms with Gasteiger partial charge < -0.3 is 17.0 Å². The van der Waals surface area contributed by atoms with Gasteiger partial charge in [0.05, 0.1) is 6.42 Å². The van der Waals surface area contributed by atoms with E-state index in [1.807, 2.05) is 0 Å². The van der Waals surface area contributed by atoms with Crippen molar-refractivity contribution in [2.24, 2.45) is 0 Å². The maximum atomic E-state index is 11.7. The zero-order chi connectivity index (χ0) is 19.6. The smallest absolute Gasteiger partial charge is 1.00 e. The molecule has 1 atom stereocenters. The zero-order valence-electron chi connectivity index (χ0n) is 18.3. The second-order valence-corrected chi connectivity index (χ2v) is 7.05. The van der Waals surface area contributed by atoms with Crippen LogP contribution in [0.5, 0.6) is 0 Å². The molecule has 0 aromatic heterocycles. The van der Waals surface area contributed by atoms with Gasteiger partial charge in [0.25, 0.3) is 0 Å². The van der Waals surface area contributed by atoms with Gasteiger partial charge in [0.15, 0.2) is 0 Å². The summed E-state index contributed by atoms with van der Waals surface area (Å²) >= 11 is 0. The Kier molecular flexibility index (Phi) is 21.4. The summed E-state index contributed by atoms with van der Waals surface area (Å²) in [5, 5.41) is 19.8. The largest absolute Gasteiger partial charge is 1.00 e. The van der Waals surface area contributed by atoms with Gasteiger partial charge in [-0.05, 0) is 6.42 Å². The van der Waals surface area contributed by atoms with Crippen LogP contribution < -0.4 is 34.9 Å². The molecule has 0 saturated heterocycles. The van der Waals surface area contributed by atoms with Crippen molar-refractivity contribution in [3.63, 3.8) is 0 Å². The molecule has 7 heteroatoms. The van der Waals surface area contributed by atoms with Crippen LogP contribution in [0.3, 0.4) is 0 Å². The molecule has 0 unspecified atom stereocenters. The number of carbonyl (C=O) groups is 3. The molecule has 0 aromatic carbocycles. The van der Waals surface area contributed by atoms with Gasteiger partial charge in [-0.2, -0.15) is 0 Å². The summed E-state index contributed by atoms with van der Waals surface area (Å²) in [7, 11) is 0. The molecular weight excluding hydrogens is 357 g/mol. The van der Waals surface area contributed by atoms with Crippen LogP contribution in [0.2, 0.25) is 0 Å². The van der Waals surface area contributed by atoms with Crippen LogP contribution in [0.4, 0.5) is 0 Å². The monoisotopic (exact) mass is 395 g/mol. The van der Waals surface area contributed by atoms with E-state index >= 15 is 0 Å². The molecule has 6 nitrogen and oxygen atoms in total. The number of unbranched alkanes of at least 4 members (excludes halogenated alkanes) is 12. The molecule has 0 radical (unpaired) electrons. The fourth-order valence-electron chi connectivity index (χ4n) is 2.94. The van der Waals surface area contributed by atoms with E-state index in [4.69, 9.17) is 10.2 Å². The van der Waals surface area contributed by atoms with E-state index in [2.05, 4.69) is 12.2 Å². The molecule has 0 spiro atoms. The summed E-state index contributed by atoms with van der Waals surface area (Å²) in [6, 6.07) is -1.35. The average molecular weight is 396 g/mol. The number of carboxylic acids is 2. The number of rotatable bonds is 18. The molecular formula is C20H38NNaO5. The van der Waals surface area contributed by atoms with Crippen molar-refractivity contribution in [2.75, 3.05) is 0 Å². The first kappa shape index (κ1) is 28.6. The maximum Gasteiger partial charge on any atom is 1.00 e. The molecule has 0 aliphatic heterocycles. The van der Waals surface area contributed by atoms with Gasteiger partial charge in [0, 0.05) is 6.42 Å². The van der Waals surface area contributed by atoms with Crippen LogP contribution in [0.15, 0.2) is 0 Å². The molecule has 0 saturated carbocycles. The Morgan fingerprint density at radius 1 is 0.778 bits per heavy atom. The Morgan fingerprint density at radius 3 is 1.56 bits per heavy atom. The normalized spacial score (nSPS) is 11.4. The summed E-state index contributed by atoms with van der Waals surface area (Å²) in [4.78, 5) is 33.1. The quantitative estimate of drug-likeness (QED) is 0.242. The summed E-state index contributed by atoms with van der Waals surface area (Å²) < 4.78 is 0. The third kappa shape index (κ3) is 20.0. The number of nitrogens with one attached hydrogen (secondary N) is 1. The zero-order valence-corrected chi connectivity index (χ0v) is 19.3. The van der Waals surface area contributed by atoms with Crippen LogP contribution in [0, 0.1) is 0 Å². The van der Waals surface area contributed by atoms with Crippen molar-refractivity contribution in [3.05, 3.63) is 0 Å². The first-order valence-electron chi connectivity index (χ1n) is 10.2. The minimum atomic E-state index is -1.35. The van der Waals surface area contributed by atoms with E-state index in [0.29, 0.717) is 6.42 Å². The molecule has 0 rings (SSSR count). The van der Waals surface area contributed by atoms with Crippen molar-refractivity contribution >= 4 is 17.8 Å². The minimum absolute atomic E-state index is 0. The first-order chi connectivity index (χ1) is 12.5. The van der Waals surface area contributed by atoms with Crippen LogP contribution >= 0.6 is 0 Å². The topological polar surface area (TPSA) is 104 Å². The van der Waals surface area contributed by atoms with Gasteiger partial charge in [0.1, 0.15) is 6.04 Å². The van der Waals surface area contributed by atoms with E-state index < -0.39 is 24.4 Å². The fraction of sp³-hybridized carbons (Fsp3) is 0.850. The SMILES string of the molecule is CCCCCCCCCCCCCCCC(=O)N[C@@H](CC(=O)O)C(=O)O.[H-].[Na+]. The number of carboxylic acid groups (broad SMARTS) is 2. The molecule has 0 aliphatic rings. The van der Waals surface area contributed by atoms with Gasteiger partial charge in [-0.1, -0.05) is 84.0 Å². The summed E-state index contributed by atoms with van der Waals surface area (Å²) in [5.41, 5.74) is 0. The molecule has 27 heavy (non-hydrogen) atoms. The van der Waals surface area contributed by atoms with Crippen LogP contribution in [-0.4, -0.2) is 34.1 Å². The number of carbonyl (C=O) groups excluding carboxylic acids is 1. The van der Waals surface area contributed by atoms with Crippen LogP contribution in [-0.2, 0) is 14.4 Å². The van der Waals surface area contributed by atoms with Crippen molar-refractivity contribution in [1.82, 2.24) is 5.32 Å². The van der Waals surface area contributed by atoms with E-state index in [1.54, 1.807) is 0 Å². The standard InChI is InChI=1S/C20H37NO5.Na.H/c1-2-3-4-5-6-7-8-9-10-11-12-13-14-15-18(22)21-17(20(25)26)16-19(23)24;;/h17H,2-16H2,1H3,(H,21,22)(H,23,24)(H,25,26);;/q;+1;-1/t17-;;/m0../s1. The van der Waals surface area contributed by atoms with Crippen LogP contribution in [0.25, 0.3) is 0 Å². The van der Waals surface area contributed by atoms with E-state index in [1.165, 1.54) is 64.2 Å². The fourth-order valence-corrected chi connectivity index (χ4v) is 2.94. The Hall–Kier alpha value is -0.590. The molecule has 0 bridgehead atoms. The number of aliphatic carboxylic acids is 2. The first-order valence-corrected chi connectivity index (χ1v) is 10.2. The summed E-state index contributed by atoms with van der Waals surface area (Å²) in [5.74, 6) is -2.94. The third-order valence-electron chi connectivity index (χ3n) is 4.52. The predicted octanol–water partition coefficient (Wildman–Crippen LogP) is 1.63. The Bertz CT molecular complexity index is 410. The second-order valence-electron chi connectivity index (χ2n) is 7.05. The Morgan fingerprint density at radius 2 is 1.19 bits per heavy atom. The molecule has 154 valence electrons. The molecule has 0 aliphatic carbocycles. The molecule has 3 N–H and O–H groups in total. The van der Waals surface area contributed by atoms with E-state index in [9.17, 15) is 14.4 Å². The van der Waals surface area contributed by atoms with Gasteiger partial charge in [-0.3, -0.25) is 9.59 Å². The number of hydrogen-bond donors (Lipinski definition) is 3. The van der Waals surface area contributed by atoms with Gasteiger partial charge >= 0.3 is 41.5 Å². The molecule has 0 fully saturated rings. The Labute approximate surface area is 187 Å². The molecule has 0 aromatic rings.